The van der Waals surface area contributed by atoms with E-state index in [9.17, 15) is 0 Å². The molecule has 19 heavy (non-hydrogen) atoms. The Morgan fingerprint density at radius 2 is 1.68 bits per heavy atom. The first kappa shape index (κ1) is 11.3. The second-order valence-electron chi connectivity index (χ2n) is 4.52. The highest BCUT2D eigenvalue weighted by Crippen LogP contribution is 2.38. The molecular formula is C16H8BrClO. The van der Waals surface area contributed by atoms with Crippen LogP contribution in [0.3, 0.4) is 0 Å². The van der Waals surface area contributed by atoms with Crippen LogP contribution in [-0.4, -0.2) is 0 Å². The highest BCUT2D eigenvalue weighted by Gasteiger charge is 2.12. The Balaban J connectivity index is 2.37. The van der Waals surface area contributed by atoms with Crippen molar-refractivity contribution < 1.29 is 4.42 Å². The molecule has 0 radical (unpaired) electrons. The number of halogens is 2. The molecule has 3 aromatic carbocycles. The van der Waals surface area contributed by atoms with Crippen LogP contribution in [-0.2, 0) is 0 Å². The van der Waals surface area contributed by atoms with E-state index in [4.69, 9.17) is 16.0 Å². The van der Waals surface area contributed by atoms with Gasteiger partial charge in [-0.05, 0) is 35.0 Å². The van der Waals surface area contributed by atoms with Crippen molar-refractivity contribution >= 4 is 60.2 Å². The molecule has 1 heterocycles. The summed E-state index contributed by atoms with van der Waals surface area (Å²) in [6.07, 6.45) is 0. The molecule has 1 aromatic heterocycles. The van der Waals surface area contributed by atoms with Crippen molar-refractivity contribution in [2.24, 2.45) is 0 Å². The second kappa shape index (κ2) is 3.99. The van der Waals surface area contributed by atoms with Crippen LogP contribution in [0.4, 0.5) is 0 Å². The molecule has 0 amide bonds. The average Bonchev–Trinajstić information content (AvgIpc) is 2.76. The summed E-state index contributed by atoms with van der Waals surface area (Å²) in [4.78, 5) is 0. The molecule has 0 aliphatic rings. The number of para-hydroxylation sites is 1. The zero-order valence-corrected chi connectivity index (χ0v) is 12.1. The molecule has 0 fully saturated rings. The van der Waals surface area contributed by atoms with Crippen LogP contribution in [0.25, 0.3) is 32.7 Å². The summed E-state index contributed by atoms with van der Waals surface area (Å²) >= 11 is 9.74. The van der Waals surface area contributed by atoms with Gasteiger partial charge in [-0.2, -0.15) is 0 Å². The van der Waals surface area contributed by atoms with Crippen LogP contribution < -0.4 is 0 Å². The van der Waals surface area contributed by atoms with E-state index in [1.54, 1.807) is 0 Å². The third-order valence-electron chi connectivity index (χ3n) is 3.39. The van der Waals surface area contributed by atoms with Gasteiger partial charge in [-0.15, -0.1) is 0 Å². The van der Waals surface area contributed by atoms with Gasteiger partial charge >= 0.3 is 0 Å². The van der Waals surface area contributed by atoms with E-state index in [-0.39, 0.29) is 0 Å². The van der Waals surface area contributed by atoms with Crippen molar-refractivity contribution in [2.45, 2.75) is 0 Å². The monoisotopic (exact) mass is 330 g/mol. The summed E-state index contributed by atoms with van der Waals surface area (Å²) in [5.41, 5.74) is 1.78. The molecule has 0 unspecified atom stereocenters. The van der Waals surface area contributed by atoms with Crippen LogP contribution >= 0.6 is 27.5 Å². The van der Waals surface area contributed by atoms with Crippen LogP contribution in [0.1, 0.15) is 0 Å². The minimum atomic E-state index is 0.734. The van der Waals surface area contributed by atoms with E-state index in [0.717, 1.165) is 42.2 Å². The lowest BCUT2D eigenvalue weighted by atomic mass is 10.0. The minimum Gasteiger partial charge on any atom is -0.456 e. The summed E-state index contributed by atoms with van der Waals surface area (Å²) < 4.78 is 6.93. The first-order valence-electron chi connectivity index (χ1n) is 5.93. The number of rotatable bonds is 0. The molecule has 3 heteroatoms. The zero-order valence-electron chi connectivity index (χ0n) is 9.78. The van der Waals surface area contributed by atoms with Gasteiger partial charge in [-0.1, -0.05) is 51.8 Å². The summed E-state index contributed by atoms with van der Waals surface area (Å²) in [5, 5.41) is 5.23. The van der Waals surface area contributed by atoms with Crippen molar-refractivity contribution in [1.29, 1.82) is 0 Å². The smallest absolute Gasteiger partial charge is 0.137 e. The fraction of sp³-hybridized carbons (Fsp3) is 0. The normalized spacial score (nSPS) is 11.7. The Bertz CT molecular complexity index is 940. The lowest BCUT2D eigenvalue weighted by Crippen LogP contribution is -1.77. The molecule has 0 spiro atoms. The maximum Gasteiger partial charge on any atom is 0.137 e. The quantitative estimate of drug-likeness (QED) is 0.376. The molecule has 0 saturated heterocycles. The van der Waals surface area contributed by atoms with Gasteiger partial charge in [-0.25, -0.2) is 0 Å². The summed E-state index contributed by atoms with van der Waals surface area (Å²) in [6, 6.07) is 16.0. The third-order valence-corrected chi connectivity index (χ3v) is 4.28. The lowest BCUT2D eigenvalue weighted by Gasteiger charge is -2.03. The molecule has 4 rings (SSSR count). The molecule has 0 aliphatic heterocycles. The van der Waals surface area contributed by atoms with E-state index < -0.39 is 0 Å². The van der Waals surface area contributed by atoms with E-state index in [2.05, 4.69) is 22.0 Å². The largest absolute Gasteiger partial charge is 0.456 e. The molecule has 4 aromatic rings. The number of hydrogen-bond acceptors (Lipinski definition) is 1. The topological polar surface area (TPSA) is 13.1 Å². The van der Waals surface area contributed by atoms with Crippen molar-refractivity contribution in [3.63, 3.8) is 0 Å². The third kappa shape index (κ3) is 1.60. The minimum absolute atomic E-state index is 0.734. The lowest BCUT2D eigenvalue weighted by molar-refractivity contribution is 0.669. The van der Waals surface area contributed by atoms with Gasteiger partial charge in [0, 0.05) is 20.3 Å². The van der Waals surface area contributed by atoms with Gasteiger partial charge < -0.3 is 4.42 Å². The zero-order chi connectivity index (χ0) is 13.0. The average molecular weight is 332 g/mol. The molecule has 0 bridgehead atoms. The highest BCUT2D eigenvalue weighted by atomic mass is 79.9. The first-order chi connectivity index (χ1) is 9.24. The van der Waals surface area contributed by atoms with Crippen molar-refractivity contribution in [3.05, 3.63) is 58.0 Å². The molecular weight excluding hydrogens is 324 g/mol. The summed E-state index contributed by atoms with van der Waals surface area (Å²) in [7, 11) is 0. The van der Waals surface area contributed by atoms with Gasteiger partial charge in [0.05, 0.1) is 0 Å². The van der Waals surface area contributed by atoms with Crippen LogP contribution in [0.2, 0.25) is 5.02 Å². The van der Waals surface area contributed by atoms with Gasteiger partial charge in [0.2, 0.25) is 0 Å². The molecule has 1 nitrogen and oxygen atoms in total. The summed E-state index contributed by atoms with van der Waals surface area (Å²) in [6.45, 7) is 0. The van der Waals surface area contributed by atoms with Crippen molar-refractivity contribution in [2.75, 3.05) is 0 Å². The number of benzene rings is 3. The van der Waals surface area contributed by atoms with Crippen molar-refractivity contribution in [3.8, 4) is 0 Å². The van der Waals surface area contributed by atoms with Gasteiger partial charge in [0.25, 0.3) is 0 Å². The SMILES string of the molecule is Clc1ccc2c(Br)cc3oc4ccccc4c3c2c1. The Morgan fingerprint density at radius 3 is 2.58 bits per heavy atom. The molecule has 0 aliphatic carbocycles. The molecule has 92 valence electrons. The van der Waals surface area contributed by atoms with Crippen molar-refractivity contribution in [1.82, 2.24) is 0 Å². The van der Waals surface area contributed by atoms with Gasteiger partial charge in [-0.3, -0.25) is 0 Å². The van der Waals surface area contributed by atoms with E-state index in [1.165, 1.54) is 0 Å². The van der Waals surface area contributed by atoms with E-state index in [1.807, 2.05) is 42.5 Å². The van der Waals surface area contributed by atoms with Gasteiger partial charge in [0.15, 0.2) is 0 Å². The molecule has 0 saturated carbocycles. The summed E-state index contributed by atoms with van der Waals surface area (Å²) in [5.74, 6) is 0. The number of hydrogen-bond donors (Lipinski definition) is 0. The molecule has 0 atom stereocenters. The fourth-order valence-corrected chi connectivity index (χ4v) is 3.29. The van der Waals surface area contributed by atoms with E-state index in [0.29, 0.717) is 0 Å². The predicted molar refractivity (Wildman–Crippen MR) is 83.9 cm³/mol. The number of furan rings is 1. The van der Waals surface area contributed by atoms with Crippen LogP contribution in [0.5, 0.6) is 0 Å². The van der Waals surface area contributed by atoms with Crippen LogP contribution in [0, 0.1) is 0 Å². The first-order valence-corrected chi connectivity index (χ1v) is 7.10. The Kier molecular flexibility index (Phi) is 2.38. The maximum absolute atomic E-state index is 6.14. The Hall–Kier alpha value is -1.51. The fourth-order valence-electron chi connectivity index (χ4n) is 2.57. The van der Waals surface area contributed by atoms with E-state index >= 15 is 0 Å². The highest BCUT2D eigenvalue weighted by molar-refractivity contribution is 9.10. The standard InChI is InChI=1S/C16H8BrClO/c17-13-8-15-16(11-3-1-2-4-14(11)19-15)12-7-9(18)5-6-10(12)13/h1-8H. The Morgan fingerprint density at radius 1 is 0.842 bits per heavy atom. The maximum atomic E-state index is 6.14. The Labute approximate surface area is 122 Å². The second-order valence-corrected chi connectivity index (χ2v) is 5.81. The predicted octanol–water partition coefficient (Wildman–Crippen LogP) is 6.16. The van der Waals surface area contributed by atoms with Gasteiger partial charge in [0.1, 0.15) is 11.2 Å². The number of fused-ring (bicyclic) bond motifs is 5. The van der Waals surface area contributed by atoms with Crippen LogP contribution in [0.15, 0.2) is 57.4 Å². The molecule has 0 N–H and O–H groups in total.